The Morgan fingerprint density at radius 2 is 1.81 bits per heavy atom. The zero-order valence-electron chi connectivity index (χ0n) is 15.7. The number of benzene rings is 2. The maximum absolute atomic E-state index is 12.2. The monoisotopic (exact) mass is 350 g/mol. The second-order valence-electron chi connectivity index (χ2n) is 6.09. The molecule has 0 radical (unpaired) electrons. The number of amides is 1. The van der Waals surface area contributed by atoms with Crippen LogP contribution < -0.4 is 15.5 Å². The van der Waals surface area contributed by atoms with Crippen molar-refractivity contribution in [2.75, 3.05) is 35.2 Å². The summed E-state index contributed by atoms with van der Waals surface area (Å²) < 4.78 is 0. The highest BCUT2D eigenvalue weighted by atomic mass is 16.1. The van der Waals surface area contributed by atoms with Crippen molar-refractivity contribution in [3.63, 3.8) is 0 Å². The van der Waals surface area contributed by atoms with Crippen LogP contribution in [0.25, 0.3) is 0 Å². The van der Waals surface area contributed by atoms with Crippen LogP contribution in [-0.2, 0) is 4.79 Å². The van der Waals surface area contributed by atoms with E-state index in [9.17, 15) is 4.79 Å². The highest BCUT2D eigenvalue weighted by molar-refractivity contribution is 5.92. The molecule has 0 unspecified atom stereocenters. The standard InChI is InChI=1S/C21H26N4O/c1-4-25(5-2)19-10-11-20(16(3)14-19)24-21(26)12-13-23-18-8-6-17(15-22)7-9-18/h6-11,14,23H,4-5,12-13H2,1-3H3,(H,24,26). The Hall–Kier alpha value is -3.00. The molecule has 2 aromatic rings. The molecule has 0 saturated heterocycles. The zero-order valence-corrected chi connectivity index (χ0v) is 15.7. The first kappa shape index (κ1) is 19.3. The number of carbonyl (C=O) groups is 1. The molecule has 0 aromatic heterocycles. The summed E-state index contributed by atoms with van der Waals surface area (Å²) >= 11 is 0. The van der Waals surface area contributed by atoms with Crippen molar-refractivity contribution in [1.82, 2.24) is 0 Å². The van der Waals surface area contributed by atoms with Gasteiger partial charge in [-0.2, -0.15) is 5.26 Å². The van der Waals surface area contributed by atoms with Gasteiger partial charge in [-0.05, 0) is 68.8 Å². The number of aryl methyl sites for hydroxylation is 1. The molecule has 1 amide bonds. The average molecular weight is 350 g/mol. The fraction of sp³-hybridized carbons (Fsp3) is 0.333. The molecule has 0 atom stereocenters. The Labute approximate surface area is 155 Å². The van der Waals surface area contributed by atoms with Gasteiger partial charge in [0.1, 0.15) is 0 Å². The molecule has 5 nitrogen and oxygen atoms in total. The van der Waals surface area contributed by atoms with Crippen LogP contribution in [0.2, 0.25) is 0 Å². The van der Waals surface area contributed by atoms with E-state index < -0.39 is 0 Å². The summed E-state index contributed by atoms with van der Waals surface area (Å²) in [6.45, 7) is 8.74. The van der Waals surface area contributed by atoms with E-state index in [-0.39, 0.29) is 5.91 Å². The second-order valence-corrected chi connectivity index (χ2v) is 6.09. The summed E-state index contributed by atoms with van der Waals surface area (Å²) in [6, 6.07) is 15.4. The predicted octanol–water partition coefficient (Wildman–Crippen LogP) is 4.15. The molecule has 136 valence electrons. The number of nitrogens with zero attached hydrogens (tertiary/aromatic N) is 2. The van der Waals surface area contributed by atoms with Crippen LogP contribution >= 0.6 is 0 Å². The largest absolute Gasteiger partial charge is 0.385 e. The van der Waals surface area contributed by atoms with Crippen molar-refractivity contribution < 1.29 is 4.79 Å². The van der Waals surface area contributed by atoms with E-state index in [2.05, 4.69) is 41.5 Å². The first-order chi connectivity index (χ1) is 12.6. The molecule has 2 aromatic carbocycles. The molecule has 0 aliphatic rings. The summed E-state index contributed by atoms with van der Waals surface area (Å²) in [5.74, 6) is -0.0233. The molecule has 5 heteroatoms. The van der Waals surface area contributed by atoms with Gasteiger partial charge in [-0.25, -0.2) is 0 Å². The van der Waals surface area contributed by atoms with Gasteiger partial charge in [0.15, 0.2) is 0 Å². The predicted molar refractivity (Wildman–Crippen MR) is 108 cm³/mol. The normalized spacial score (nSPS) is 10.1. The van der Waals surface area contributed by atoms with Gasteiger partial charge in [-0.15, -0.1) is 0 Å². The zero-order chi connectivity index (χ0) is 18.9. The van der Waals surface area contributed by atoms with Crippen LogP contribution in [0.15, 0.2) is 42.5 Å². The van der Waals surface area contributed by atoms with Crippen LogP contribution in [0.3, 0.4) is 0 Å². The molecular weight excluding hydrogens is 324 g/mol. The molecular formula is C21H26N4O. The summed E-state index contributed by atoms with van der Waals surface area (Å²) in [4.78, 5) is 14.5. The molecule has 0 heterocycles. The SMILES string of the molecule is CCN(CC)c1ccc(NC(=O)CCNc2ccc(C#N)cc2)c(C)c1. The molecule has 0 fully saturated rings. The third-order valence-electron chi connectivity index (χ3n) is 4.31. The molecule has 2 N–H and O–H groups in total. The fourth-order valence-corrected chi connectivity index (χ4v) is 2.77. The maximum Gasteiger partial charge on any atom is 0.226 e. The van der Waals surface area contributed by atoms with Crippen molar-refractivity contribution in [3.05, 3.63) is 53.6 Å². The van der Waals surface area contributed by atoms with Crippen molar-refractivity contribution in [2.45, 2.75) is 27.2 Å². The van der Waals surface area contributed by atoms with E-state index in [1.54, 1.807) is 12.1 Å². The van der Waals surface area contributed by atoms with Gasteiger partial charge in [0.25, 0.3) is 0 Å². The lowest BCUT2D eigenvalue weighted by atomic mass is 10.1. The Morgan fingerprint density at radius 3 is 2.38 bits per heavy atom. The van der Waals surface area contributed by atoms with Gasteiger partial charge < -0.3 is 15.5 Å². The Balaban J connectivity index is 1.86. The van der Waals surface area contributed by atoms with E-state index in [1.807, 2.05) is 31.2 Å². The minimum Gasteiger partial charge on any atom is -0.385 e. The molecule has 0 saturated carbocycles. The Kier molecular flexibility index (Phi) is 7.04. The molecule has 0 aliphatic carbocycles. The number of rotatable bonds is 8. The highest BCUT2D eigenvalue weighted by Gasteiger charge is 2.08. The first-order valence-electron chi connectivity index (χ1n) is 8.96. The first-order valence-corrected chi connectivity index (χ1v) is 8.96. The molecule has 0 spiro atoms. The molecule has 26 heavy (non-hydrogen) atoms. The number of nitriles is 1. The van der Waals surface area contributed by atoms with Gasteiger partial charge in [0.2, 0.25) is 5.91 Å². The van der Waals surface area contributed by atoms with Gasteiger partial charge in [-0.3, -0.25) is 4.79 Å². The average Bonchev–Trinajstić information content (AvgIpc) is 2.65. The molecule has 0 bridgehead atoms. The lowest BCUT2D eigenvalue weighted by Crippen LogP contribution is -2.22. The van der Waals surface area contributed by atoms with E-state index in [0.29, 0.717) is 18.5 Å². The minimum absolute atomic E-state index is 0.0233. The third-order valence-corrected chi connectivity index (χ3v) is 4.31. The van der Waals surface area contributed by atoms with Crippen molar-refractivity contribution in [2.24, 2.45) is 0 Å². The quantitative estimate of drug-likeness (QED) is 0.750. The topological polar surface area (TPSA) is 68.2 Å². The Morgan fingerprint density at radius 1 is 1.12 bits per heavy atom. The van der Waals surface area contributed by atoms with Gasteiger partial charge in [-0.1, -0.05) is 0 Å². The van der Waals surface area contributed by atoms with E-state index in [4.69, 9.17) is 5.26 Å². The van der Waals surface area contributed by atoms with Gasteiger partial charge >= 0.3 is 0 Å². The number of hydrogen-bond acceptors (Lipinski definition) is 4. The summed E-state index contributed by atoms with van der Waals surface area (Å²) in [5.41, 5.74) is 4.61. The van der Waals surface area contributed by atoms with Gasteiger partial charge in [0, 0.05) is 43.1 Å². The van der Waals surface area contributed by atoms with Gasteiger partial charge in [0.05, 0.1) is 11.6 Å². The summed E-state index contributed by atoms with van der Waals surface area (Å²) in [6.07, 6.45) is 0.372. The Bertz CT molecular complexity index is 774. The van der Waals surface area contributed by atoms with Crippen molar-refractivity contribution >= 4 is 23.0 Å². The highest BCUT2D eigenvalue weighted by Crippen LogP contribution is 2.22. The lowest BCUT2D eigenvalue weighted by molar-refractivity contribution is -0.115. The summed E-state index contributed by atoms with van der Waals surface area (Å²) in [5, 5.41) is 15.0. The minimum atomic E-state index is -0.0233. The van der Waals surface area contributed by atoms with Crippen molar-refractivity contribution in [1.29, 1.82) is 5.26 Å². The number of anilines is 3. The second kappa shape index (κ2) is 9.47. The number of nitrogens with one attached hydrogen (secondary N) is 2. The number of carbonyl (C=O) groups excluding carboxylic acids is 1. The smallest absolute Gasteiger partial charge is 0.226 e. The summed E-state index contributed by atoms with van der Waals surface area (Å²) in [7, 11) is 0. The van der Waals surface area contributed by atoms with Crippen LogP contribution in [0.1, 0.15) is 31.4 Å². The van der Waals surface area contributed by atoms with E-state index in [0.717, 1.165) is 30.0 Å². The fourth-order valence-electron chi connectivity index (χ4n) is 2.77. The van der Waals surface area contributed by atoms with Crippen LogP contribution in [0.4, 0.5) is 17.1 Å². The third kappa shape index (κ3) is 5.25. The van der Waals surface area contributed by atoms with Crippen LogP contribution in [0, 0.1) is 18.3 Å². The maximum atomic E-state index is 12.2. The molecule has 2 rings (SSSR count). The van der Waals surface area contributed by atoms with E-state index >= 15 is 0 Å². The number of hydrogen-bond donors (Lipinski definition) is 2. The molecule has 0 aliphatic heterocycles. The van der Waals surface area contributed by atoms with Crippen LogP contribution in [0.5, 0.6) is 0 Å². The van der Waals surface area contributed by atoms with E-state index in [1.165, 1.54) is 5.69 Å². The lowest BCUT2D eigenvalue weighted by Gasteiger charge is -2.22. The van der Waals surface area contributed by atoms with Crippen molar-refractivity contribution in [3.8, 4) is 6.07 Å². The van der Waals surface area contributed by atoms with Crippen LogP contribution in [-0.4, -0.2) is 25.5 Å².